The number of hydrogen-bond acceptors (Lipinski definition) is 6. The van der Waals surface area contributed by atoms with Crippen molar-refractivity contribution in [1.29, 1.82) is 0 Å². The van der Waals surface area contributed by atoms with Crippen molar-refractivity contribution in [2.45, 2.75) is 20.8 Å². The first-order valence-electron chi connectivity index (χ1n) is 13.6. The number of anilines is 3. The highest BCUT2D eigenvalue weighted by atomic mass is 16.5. The summed E-state index contributed by atoms with van der Waals surface area (Å²) in [4.78, 5) is 30.6. The molecule has 1 aliphatic heterocycles. The molecule has 206 valence electrons. The first kappa shape index (κ1) is 28.1. The van der Waals surface area contributed by atoms with Crippen LogP contribution >= 0.6 is 0 Å². The van der Waals surface area contributed by atoms with Gasteiger partial charge in [-0.1, -0.05) is 32.0 Å². The summed E-state index contributed by atoms with van der Waals surface area (Å²) in [6.45, 7) is 12.5. The van der Waals surface area contributed by atoms with Crippen molar-refractivity contribution in [2.24, 2.45) is 0 Å². The van der Waals surface area contributed by atoms with E-state index in [9.17, 15) is 9.59 Å². The van der Waals surface area contributed by atoms with Gasteiger partial charge in [0.2, 0.25) is 0 Å². The fraction of sp³-hybridized carbons (Fsp3) is 0.355. The van der Waals surface area contributed by atoms with E-state index in [2.05, 4.69) is 34.3 Å². The topological polar surface area (TPSA) is 83.1 Å². The lowest BCUT2D eigenvalue weighted by molar-refractivity contribution is 0.101. The molecule has 3 aromatic carbocycles. The lowest BCUT2D eigenvalue weighted by Gasteiger charge is -2.29. The van der Waals surface area contributed by atoms with Crippen molar-refractivity contribution in [3.05, 3.63) is 83.4 Å². The number of amides is 2. The molecule has 1 aliphatic rings. The molecule has 1 fully saturated rings. The Morgan fingerprint density at radius 2 is 1.59 bits per heavy atom. The van der Waals surface area contributed by atoms with Crippen molar-refractivity contribution in [3.8, 4) is 5.75 Å². The van der Waals surface area contributed by atoms with Crippen LogP contribution in [0.4, 0.5) is 17.1 Å². The summed E-state index contributed by atoms with van der Waals surface area (Å²) in [7, 11) is 0. The molecule has 4 rings (SSSR count). The molecule has 1 saturated heterocycles. The SMILES string of the molecule is CCN(CC)CCOc1cccc(C(=O)Nc2cc(NC(=O)c3cccc(N4CCOCC4)c3)ccc2C)c1. The molecule has 0 radical (unpaired) electrons. The maximum absolute atomic E-state index is 13.1. The van der Waals surface area contributed by atoms with Gasteiger partial charge in [-0.15, -0.1) is 0 Å². The molecule has 1 heterocycles. The number of morpholine rings is 1. The molecule has 0 saturated carbocycles. The minimum atomic E-state index is -0.242. The summed E-state index contributed by atoms with van der Waals surface area (Å²) in [6.07, 6.45) is 0. The van der Waals surface area contributed by atoms with Gasteiger partial charge in [-0.3, -0.25) is 9.59 Å². The van der Waals surface area contributed by atoms with Crippen LogP contribution in [0.2, 0.25) is 0 Å². The highest BCUT2D eigenvalue weighted by Crippen LogP contribution is 2.24. The van der Waals surface area contributed by atoms with Gasteiger partial charge < -0.3 is 29.9 Å². The number of ether oxygens (including phenoxy) is 2. The average molecular weight is 531 g/mol. The molecular weight excluding hydrogens is 492 g/mol. The Morgan fingerprint density at radius 1 is 0.897 bits per heavy atom. The van der Waals surface area contributed by atoms with Gasteiger partial charge in [0.15, 0.2) is 0 Å². The molecular formula is C31H38N4O4. The molecule has 0 aromatic heterocycles. The van der Waals surface area contributed by atoms with E-state index >= 15 is 0 Å². The molecule has 3 aromatic rings. The molecule has 0 bridgehead atoms. The van der Waals surface area contributed by atoms with E-state index in [1.54, 1.807) is 24.3 Å². The minimum absolute atomic E-state index is 0.208. The first-order chi connectivity index (χ1) is 19.0. The van der Waals surface area contributed by atoms with Gasteiger partial charge in [0.05, 0.1) is 13.2 Å². The Balaban J connectivity index is 1.39. The zero-order valence-electron chi connectivity index (χ0n) is 23.0. The molecule has 0 atom stereocenters. The smallest absolute Gasteiger partial charge is 0.255 e. The van der Waals surface area contributed by atoms with Crippen LogP contribution in [0.1, 0.15) is 40.1 Å². The average Bonchev–Trinajstić information content (AvgIpc) is 2.97. The highest BCUT2D eigenvalue weighted by molar-refractivity contribution is 6.07. The Morgan fingerprint density at radius 3 is 2.33 bits per heavy atom. The number of carbonyl (C=O) groups excluding carboxylic acids is 2. The monoisotopic (exact) mass is 530 g/mol. The number of rotatable bonds is 11. The zero-order valence-corrected chi connectivity index (χ0v) is 23.0. The second kappa shape index (κ2) is 13.8. The van der Waals surface area contributed by atoms with E-state index in [0.29, 0.717) is 48.1 Å². The summed E-state index contributed by atoms with van der Waals surface area (Å²) in [5.74, 6) is 0.210. The lowest BCUT2D eigenvalue weighted by Crippen LogP contribution is -2.36. The van der Waals surface area contributed by atoms with Crippen LogP contribution in [0.3, 0.4) is 0 Å². The Bertz CT molecular complexity index is 1270. The number of aryl methyl sites for hydroxylation is 1. The van der Waals surface area contributed by atoms with E-state index < -0.39 is 0 Å². The molecule has 2 amide bonds. The van der Waals surface area contributed by atoms with Gasteiger partial charge in [-0.2, -0.15) is 0 Å². The Hall–Kier alpha value is -3.88. The third-order valence-electron chi connectivity index (χ3n) is 6.90. The van der Waals surface area contributed by atoms with Gasteiger partial charge in [-0.25, -0.2) is 0 Å². The second-order valence-electron chi connectivity index (χ2n) is 9.49. The number of nitrogens with zero attached hydrogens (tertiary/aromatic N) is 2. The molecule has 8 heteroatoms. The second-order valence-corrected chi connectivity index (χ2v) is 9.49. The van der Waals surface area contributed by atoms with E-state index in [1.165, 1.54) is 0 Å². The molecule has 39 heavy (non-hydrogen) atoms. The van der Waals surface area contributed by atoms with Crippen LogP contribution in [-0.4, -0.2) is 69.3 Å². The summed E-state index contributed by atoms with van der Waals surface area (Å²) < 4.78 is 11.3. The maximum atomic E-state index is 13.1. The van der Waals surface area contributed by atoms with E-state index in [1.807, 2.05) is 49.4 Å². The van der Waals surface area contributed by atoms with E-state index in [-0.39, 0.29) is 11.8 Å². The van der Waals surface area contributed by atoms with Crippen LogP contribution < -0.4 is 20.3 Å². The van der Waals surface area contributed by atoms with Crippen molar-refractivity contribution in [3.63, 3.8) is 0 Å². The number of nitrogens with one attached hydrogen (secondary N) is 2. The maximum Gasteiger partial charge on any atom is 0.255 e. The standard InChI is InChI=1S/C31H38N4O4/c1-4-34(5-2)14-19-39-28-11-7-9-25(21-28)31(37)33-29-22-26(13-12-23(29)3)32-30(36)24-8-6-10-27(20-24)35-15-17-38-18-16-35/h6-13,20-22H,4-5,14-19H2,1-3H3,(H,32,36)(H,33,37). The fourth-order valence-corrected chi connectivity index (χ4v) is 4.46. The molecule has 2 N–H and O–H groups in total. The van der Waals surface area contributed by atoms with Crippen molar-refractivity contribution in [1.82, 2.24) is 4.90 Å². The molecule has 0 unspecified atom stereocenters. The highest BCUT2D eigenvalue weighted by Gasteiger charge is 2.15. The molecule has 0 aliphatic carbocycles. The normalized spacial score (nSPS) is 13.3. The van der Waals surface area contributed by atoms with Crippen LogP contribution in [0.25, 0.3) is 0 Å². The van der Waals surface area contributed by atoms with Crippen LogP contribution in [-0.2, 0) is 4.74 Å². The number of likely N-dealkylation sites (N-methyl/N-ethyl adjacent to an activating group) is 1. The third kappa shape index (κ3) is 7.81. The predicted molar refractivity (Wildman–Crippen MR) is 156 cm³/mol. The fourth-order valence-electron chi connectivity index (χ4n) is 4.46. The number of hydrogen-bond donors (Lipinski definition) is 2. The van der Waals surface area contributed by atoms with E-state index in [0.717, 1.165) is 44.0 Å². The lowest BCUT2D eigenvalue weighted by atomic mass is 10.1. The summed E-state index contributed by atoms with van der Waals surface area (Å²) in [5, 5.41) is 5.94. The number of benzene rings is 3. The van der Waals surface area contributed by atoms with Crippen molar-refractivity contribution < 1.29 is 19.1 Å². The van der Waals surface area contributed by atoms with Gasteiger partial charge in [0, 0.05) is 47.8 Å². The van der Waals surface area contributed by atoms with Gasteiger partial charge in [-0.05, 0) is 74.1 Å². The zero-order chi connectivity index (χ0) is 27.6. The van der Waals surface area contributed by atoms with Crippen LogP contribution in [0.5, 0.6) is 5.75 Å². The van der Waals surface area contributed by atoms with Crippen LogP contribution in [0.15, 0.2) is 66.7 Å². The quantitative estimate of drug-likeness (QED) is 0.361. The number of carbonyl (C=O) groups is 2. The Kier molecular flexibility index (Phi) is 9.94. The van der Waals surface area contributed by atoms with Crippen molar-refractivity contribution in [2.75, 3.05) is 68.1 Å². The van der Waals surface area contributed by atoms with Gasteiger partial charge in [0.1, 0.15) is 12.4 Å². The molecule has 0 spiro atoms. The minimum Gasteiger partial charge on any atom is -0.492 e. The molecule has 8 nitrogen and oxygen atoms in total. The van der Waals surface area contributed by atoms with Crippen LogP contribution in [0, 0.1) is 6.92 Å². The predicted octanol–water partition coefficient (Wildman–Crippen LogP) is 5.06. The van der Waals surface area contributed by atoms with E-state index in [4.69, 9.17) is 9.47 Å². The summed E-state index contributed by atoms with van der Waals surface area (Å²) in [5.41, 5.74) is 4.20. The summed E-state index contributed by atoms with van der Waals surface area (Å²) >= 11 is 0. The van der Waals surface area contributed by atoms with Crippen molar-refractivity contribution >= 4 is 28.9 Å². The van der Waals surface area contributed by atoms with Gasteiger partial charge in [0.25, 0.3) is 11.8 Å². The first-order valence-corrected chi connectivity index (χ1v) is 13.6. The largest absolute Gasteiger partial charge is 0.492 e. The Labute approximate surface area is 230 Å². The van der Waals surface area contributed by atoms with Gasteiger partial charge >= 0.3 is 0 Å². The summed E-state index contributed by atoms with van der Waals surface area (Å²) in [6, 6.07) is 20.3. The third-order valence-corrected chi connectivity index (χ3v) is 6.90.